The van der Waals surface area contributed by atoms with Gasteiger partial charge >= 0.3 is 0 Å². The molecule has 0 aliphatic carbocycles. The molecule has 3 nitrogen and oxygen atoms in total. The van der Waals surface area contributed by atoms with Crippen LogP contribution < -0.4 is 5.32 Å². The van der Waals surface area contributed by atoms with Gasteiger partial charge in [-0.05, 0) is 5.41 Å². The summed E-state index contributed by atoms with van der Waals surface area (Å²) in [6.07, 6.45) is 0.429. The fourth-order valence-corrected chi connectivity index (χ4v) is 2.79. The topological polar surface area (TPSA) is 24.5 Å². The predicted octanol–water partition coefficient (Wildman–Crippen LogP) is 0.563. The van der Waals surface area contributed by atoms with Crippen molar-refractivity contribution >= 4 is 0 Å². The molecule has 0 radical (unpaired) electrons. The number of ether oxygens (including phenoxy) is 1. The first-order valence-corrected chi connectivity index (χ1v) is 5.56. The molecule has 0 bridgehead atoms. The predicted molar refractivity (Wildman–Crippen MR) is 57.4 cm³/mol. The van der Waals surface area contributed by atoms with Gasteiger partial charge in [0.1, 0.15) is 0 Å². The van der Waals surface area contributed by atoms with Crippen molar-refractivity contribution in [2.24, 2.45) is 11.3 Å². The molecule has 0 aromatic heterocycles. The zero-order valence-electron chi connectivity index (χ0n) is 9.55. The Morgan fingerprint density at radius 3 is 2.64 bits per heavy atom. The minimum absolute atomic E-state index is 0.429. The maximum Gasteiger partial charge on any atom is 0.0748 e. The smallest absolute Gasteiger partial charge is 0.0748 e. The van der Waals surface area contributed by atoms with Crippen LogP contribution in [0.2, 0.25) is 0 Å². The Morgan fingerprint density at radius 2 is 2.07 bits per heavy atom. The molecule has 14 heavy (non-hydrogen) atoms. The summed E-state index contributed by atoms with van der Waals surface area (Å²) in [5.74, 6) is 0.691. The summed E-state index contributed by atoms with van der Waals surface area (Å²) in [5.41, 5.74) is 0.550. The third-order valence-corrected chi connectivity index (χ3v) is 3.38. The van der Waals surface area contributed by atoms with E-state index in [9.17, 15) is 0 Å². The van der Waals surface area contributed by atoms with Crippen LogP contribution in [0, 0.1) is 11.3 Å². The maximum atomic E-state index is 5.46. The van der Waals surface area contributed by atoms with Crippen LogP contribution in [-0.2, 0) is 4.74 Å². The summed E-state index contributed by atoms with van der Waals surface area (Å²) in [6.45, 7) is 10.5. The summed E-state index contributed by atoms with van der Waals surface area (Å²) in [5, 5.41) is 3.40. The quantitative estimate of drug-likeness (QED) is 0.717. The molecule has 2 saturated heterocycles. The zero-order valence-corrected chi connectivity index (χ0v) is 9.55. The summed E-state index contributed by atoms with van der Waals surface area (Å²) in [6, 6.07) is 0. The van der Waals surface area contributed by atoms with Crippen LogP contribution in [0.15, 0.2) is 0 Å². The summed E-state index contributed by atoms with van der Waals surface area (Å²) in [7, 11) is 1.82. The molecule has 3 heteroatoms. The van der Waals surface area contributed by atoms with Crippen molar-refractivity contribution < 1.29 is 4.74 Å². The minimum Gasteiger partial charge on any atom is -0.380 e. The molecule has 0 saturated carbocycles. The Bertz CT molecular complexity index is 197. The van der Waals surface area contributed by atoms with Crippen molar-refractivity contribution in [2.45, 2.75) is 20.0 Å². The number of rotatable bonds is 3. The van der Waals surface area contributed by atoms with Crippen molar-refractivity contribution in [1.29, 1.82) is 0 Å². The van der Waals surface area contributed by atoms with E-state index < -0.39 is 0 Å². The first-order valence-electron chi connectivity index (χ1n) is 5.56. The lowest BCUT2D eigenvalue weighted by Crippen LogP contribution is -2.55. The van der Waals surface area contributed by atoms with E-state index in [2.05, 4.69) is 24.1 Å². The van der Waals surface area contributed by atoms with Crippen LogP contribution in [0.1, 0.15) is 13.8 Å². The van der Waals surface area contributed by atoms with Gasteiger partial charge in [0.05, 0.1) is 6.10 Å². The Balaban J connectivity index is 1.76. The zero-order chi connectivity index (χ0) is 10.2. The lowest BCUT2D eigenvalue weighted by Gasteiger charge is -2.47. The van der Waals surface area contributed by atoms with Crippen LogP contribution in [0.4, 0.5) is 0 Å². The molecule has 0 aromatic carbocycles. The van der Waals surface area contributed by atoms with Gasteiger partial charge in [-0.25, -0.2) is 0 Å². The van der Waals surface area contributed by atoms with E-state index >= 15 is 0 Å². The molecule has 2 aliphatic rings. The molecule has 2 rings (SSSR count). The van der Waals surface area contributed by atoms with Crippen LogP contribution in [0.5, 0.6) is 0 Å². The van der Waals surface area contributed by atoms with E-state index in [-0.39, 0.29) is 0 Å². The van der Waals surface area contributed by atoms with Crippen LogP contribution in [-0.4, -0.2) is 50.8 Å². The lowest BCUT2D eigenvalue weighted by atomic mass is 9.83. The SMILES string of the molecule is COC1CNCC1CN1CC(C)(C)C1. The Hall–Kier alpha value is -0.120. The fourth-order valence-electron chi connectivity index (χ4n) is 2.79. The average Bonchev–Trinajstić information content (AvgIpc) is 2.48. The van der Waals surface area contributed by atoms with Gasteiger partial charge in [0.15, 0.2) is 0 Å². The molecule has 0 amide bonds. The van der Waals surface area contributed by atoms with E-state index in [0.717, 1.165) is 13.1 Å². The van der Waals surface area contributed by atoms with Gasteiger partial charge in [-0.15, -0.1) is 0 Å². The average molecular weight is 198 g/mol. The molecule has 2 unspecified atom stereocenters. The lowest BCUT2D eigenvalue weighted by molar-refractivity contribution is -0.00446. The molecule has 2 heterocycles. The van der Waals surface area contributed by atoms with Gasteiger partial charge in [-0.3, -0.25) is 0 Å². The van der Waals surface area contributed by atoms with Crippen LogP contribution in [0.3, 0.4) is 0 Å². The van der Waals surface area contributed by atoms with Gasteiger partial charge in [0.25, 0.3) is 0 Å². The molecule has 1 N–H and O–H groups in total. The third kappa shape index (κ3) is 2.10. The second kappa shape index (κ2) is 3.80. The van der Waals surface area contributed by atoms with Crippen molar-refractivity contribution in [3.63, 3.8) is 0 Å². The van der Waals surface area contributed by atoms with Gasteiger partial charge in [-0.1, -0.05) is 13.8 Å². The first-order chi connectivity index (χ1) is 6.61. The Labute approximate surface area is 86.8 Å². The standard InChI is InChI=1S/C11H22N2O/c1-11(2)7-13(8-11)6-9-4-12-5-10(9)14-3/h9-10,12H,4-8H2,1-3H3. The molecule has 0 aromatic rings. The van der Waals surface area contributed by atoms with Crippen molar-refractivity contribution in [3.8, 4) is 0 Å². The summed E-state index contributed by atoms with van der Waals surface area (Å²) in [4.78, 5) is 2.55. The Kier molecular flexibility index (Phi) is 2.82. The van der Waals surface area contributed by atoms with Gasteiger partial charge < -0.3 is 15.0 Å². The van der Waals surface area contributed by atoms with Crippen LogP contribution in [0.25, 0.3) is 0 Å². The van der Waals surface area contributed by atoms with Crippen molar-refractivity contribution in [3.05, 3.63) is 0 Å². The van der Waals surface area contributed by atoms with E-state index in [4.69, 9.17) is 4.74 Å². The third-order valence-electron chi connectivity index (χ3n) is 3.38. The highest BCUT2D eigenvalue weighted by Crippen LogP contribution is 2.30. The molecule has 2 atom stereocenters. The highest BCUT2D eigenvalue weighted by molar-refractivity contribution is 4.92. The van der Waals surface area contributed by atoms with E-state index in [1.807, 2.05) is 7.11 Å². The highest BCUT2D eigenvalue weighted by atomic mass is 16.5. The van der Waals surface area contributed by atoms with E-state index in [0.29, 0.717) is 17.4 Å². The van der Waals surface area contributed by atoms with E-state index in [1.54, 1.807) is 0 Å². The second-order valence-corrected chi connectivity index (χ2v) is 5.53. The molecule has 82 valence electrons. The van der Waals surface area contributed by atoms with Crippen molar-refractivity contribution in [1.82, 2.24) is 10.2 Å². The van der Waals surface area contributed by atoms with Crippen LogP contribution >= 0.6 is 0 Å². The largest absolute Gasteiger partial charge is 0.380 e. The Morgan fingerprint density at radius 1 is 1.36 bits per heavy atom. The minimum atomic E-state index is 0.429. The number of hydrogen-bond acceptors (Lipinski definition) is 3. The second-order valence-electron chi connectivity index (χ2n) is 5.53. The van der Waals surface area contributed by atoms with E-state index in [1.165, 1.54) is 19.6 Å². The van der Waals surface area contributed by atoms with Gasteiger partial charge in [0.2, 0.25) is 0 Å². The number of nitrogens with zero attached hydrogens (tertiary/aromatic N) is 1. The molecule has 0 spiro atoms. The first kappa shape index (κ1) is 10.4. The molecular formula is C11H22N2O. The summed E-state index contributed by atoms with van der Waals surface area (Å²) < 4.78 is 5.46. The summed E-state index contributed by atoms with van der Waals surface area (Å²) >= 11 is 0. The molecular weight excluding hydrogens is 176 g/mol. The molecule has 2 fully saturated rings. The van der Waals surface area contributed by atoms with Gasteiger partial charge in [0, 0.05) is 45.8 Å². The van der Waals surface area contributed by atoms with Gasteiger partial charge in [-0.2, -0.15) is 0 Å². The number of likely N-dealkylation sites (tertiary alicyclic amines) is 1. The number of methoxy groups -OCH3 is 1. The monoisotopic (exact) mass is 198 g/mol. The highest BCUT2D eigenvalue weighted by Gasteiger charge is 2.37. The molecule has 2 aliphatic heterocycles. The number of hydrogen-bond donors (Lipinski definition) is 1. The maximum absolute atomic E-state index is 5.46. The van der Waals surface area contributed by atoms with Crippen molar-refractivity contribution in [2.75, 3.05) is 39.8 Å². The number of nitrogens with one attached hydrogen (secondary N) is 1. The fraction of sp³-hybridized carbons (Fsp3) is 1.00. The normalized spacial score (nSPS) is 37.1.